The van der Waals surface area contributed by atoms with E-state index in [0.717, 1.165) is 24.1 Å². The maximum absolute atomic E-state index is 11.6. The van der Waals surface area contributed by atoms with Gasteiger partial charge in [-0.3, -0.25) is 14.6 Å². The summed E-state index contributed by atoms with van der Waals surface area (Å²) >= 11 is 2.00. The van der Waals surface area contributed by atoms with Crippen molar-refractivity contribution in [3.63, 3.8) is 0 Å². The highest BCUT2D eigenvalue weighted by Gasteiger charge is 2.25. The number of aromatic amines is 1. The predicted molar refractivity (Wildman–Crippen MR) is 59.1 cm³/mol. The van der Waals surface area contributed by atoms with Crippen molar-refractivity contribution in [3.8, 4) is 0 Å². The Bertz CT molecular complexity index is 418. The summed E-state index contributed by atoms with van der Waals surface area (Å²) in [6, 6.07) is 0.476. The number of fused-ring (bicyclic) bond motifs is 1. The average molecular weight is 226 g/mol. The molecular weight excluding hydrogens is 212 g/mol. The van der Waals surface area contributed by atoms with Gasteiger partial charge in [0.2, 0.25) is 0 Å². The molecule has 0 radical (unpaired) electrons. The molecule has 3 heterocycles. The average Bonchev–Trinajstić information content (AvgIpc) is 2.84. The molecule has 0 aromatic carbocycles. The van der Waals surface area contributed by atoms with E-state index in [2.05, 4.69) is 9.78 Å². The Morgan fingerprint density at radius 2 is 2.13 bits per heavy atom. The van der Waals surface area contributed by atoms with Crippen LogP contribution in [-0.4, -0.2) is 21.3 Å². The fraction of sp³-hybridized carbons (Fsp3) is 0.700. The summed E-state index contributed by atoms with van der Waals surface area (Å²) < 4.78 is 7.38. The molecule has 0 aliphatic carbocycles. The maximum atomic E-state index is 11.6. The van der Waals surface area contributed by atoms with Crippen LogP contribution in [0.3, 0.4) is 0 Å². The zero-order chi connectivity index (χ0) is 10.3. The summed E-state index contributed by atoms with van der Waals surface area (Å²) in [4.78, 5) is 11.6. The van der Waals surface area contributed by atoms with E-state index in [9.17, 15) is 4.79 Å². The number of aromatic nitrogens is 2. The SMILES string of the molecule is O=c1[nH]n(C2CCSCC2)c2c1COC2. The Morgan fingerprint density at radius 1 is 1.33 bits per heavy atom. The standard InChI is InChI=1S/C10H14N2O2S/c13-10-8-5-14-6-9(8)12(11-10)7-1-3-15-4-2-7/h7H,1-6H2,(H,11,13). The molecule has 0 bridgehead atoms. The number of thioether (sulfide) groups is 1. The number of hydrogen-bond donors (Lipinski definition) is 1. The Morgan fingerprint density at radius 3 is 2.93 bits per heavy atom. The van der Waals surface area contributed by atoms with Gasteiger partial charge in [0.1, 0.15) is 0 Å². The third-order valence-electron chi connectivity index (χ3n) is 3.18. The van der Waals surface area contributed by atoms with Gasteiger partial charge < -0.3 is 4.74 Å². The molecule has 1 saturated heterocycles. The first-order chi connectivity index (χ1) is 7.36. The zero-order valence-corrected chi connectivity index (χ0v) is 9.31. The summed E-state index contributed by atoms with van der Waals surface area (Å²) in [7, 11) is 0. The highest BCUT2D eigenvalue weighted by Crippen LogP contribution is 2.29. The first kappa shape index (κ1) is 9.54. The van der Waals surface area contributed by atoms with Gasteiger partial charge in [0, 0.05) is 0 Å². The van der Waals surface area contributed by atoms with Gasteiger partial charge in [0.05, 0.1) is 30.5 Å². The van der Waals surface area contributed by atoms with Crippen LogP contribution < -0.4 is 5.56 Å². The fourth-order valence-corrected chi connectivity index (χ4v) is 3.41. The molecule has 2 aliphatic heterocycles. The first-order valence-electron chi connectivity index (χ1n) is 5.34. The Labute approximate surface area is 92.0 Å². The lowest BCUT2D eigenvalue weighted by Gasteiger charge is -2.23. The van der Waals surface area contributed by atoms with Crippen molar-refractivity contribution >= 4 is 11.8 Å². The van der Waals surface area contributed by atoms with Gasteiger partial charge in [0.25, 0.3) is 5.56 Å². The molecule has 1 aromatic heterocycles. The summed E-state index contributed by atoms with van der Waals surface area (Å²) in [6.45, 7) is 1.08. The zero-order valence-electron chi connectivity index (χ0n) is 8.49. The Kier molecular flexibility index (Phi) is 2.36. The normalized spacial score (nSPS) is 21.9. The molecule has 0 amide bonds. The van der Waals surface area contributed by atoms with Crippen molar-refractivity contribution in [2.75, 3.05) is 11.5 Å². The second-order valence-corrected chi connectivity index (χ2v) is 5.30. The van der Waals surface area contributed by atoms with Crippen LogP contribution in [0.4, 0.5) is 0 Å². The van der Waals surface area contributed by atoms with E-state index in [1.165, 1.54) is 11.5 Å². The predicted octanol–water partition coefficient (Wildman–Crippen LogP) is 1.27. The number of ether oxygens (including phenoxy) is 1. The first-order valence-corrected chi connectivity index (χ1v) is 6.49. The molecule has 0 atom stereocenters. The van der Waals surface area contributed by atoms with Crippen molar-refractivity contribution in [2.45, 2.75) is 32.1 Å². The van der Waals surface area contributed by atoms with E-state index in [1.54, 1.807) is 0 Å². The van der Waals surface area contributed by atoms with Gasteiger partial charge in [-0.2, -0.15) is 11.8 Å². The molecule has 0 saturated carbocycles. The van der Waals surface area contributed by atoms with Crippen LogP contribution in [0.5, 0.6) is 0 Å². The number of nitrogens with zero attached hydrogens (tertiary/aromatic N) is 1. The lowest BCUT2D eigenvalue weighted by molar-refractivity contribution is 0.127. The van der Waals surface area contributed by atoms with Crippen LogP contribution in [0.1, 0.15) is 30.1 Å². The molecule has 0 spiro atoms. The van der Waals surface area contributed by atoms with Crippen molar-refractivity contribution in [2.24, 2.45) is 0 Å². The van der Waals surface area contributed by atoms with E-state index in [1.807, 2.05) is 11.8 Å². The van der Waals surface area contributed by atoms with Crippen molar-refractivity contribution in [1.29, 1.82) is 0 Å². The lowest BCUT2D eigenvalue weighted by Crippen LogP contribution is -2.20. The van der Waals surface area contributed by atoms with E-state index in [-0.39, 0.29) is 5.56 Å². The van der Waals surface area contributed by atoms with E-state index >= 15 is 0 Å². The quantitative estimate of drug-likeness (QED) is 0.784. The van der Waals surface area contributed by atoms with Gasteiger partial charge in [0.15, 0.2) is 0 Å². The number of H-pyrrole nitrogens is 1. The fourth-order valence-electron chi connectivity index (χ4n) is 2.33. The van der Waals surface area contributed by atoms with Gasteiger partial charge in [-0.15, -0.1) is 0 Å². The van der Waals surface area contributed by atoms with Crippen molar-refractivity contribution < 1.29 is 4.74 Å². The number of nitrogens with one attached hydrogen (secondary N) is 1. The van der Waals surface area contributed by atoms with Gasteiger partial charge in [-0.1, -0.05) is 0 Å². The second-order valence-electron chi connectivity index (χ2n) is 4.07. The molecular formula is C10H14N2O2S. The van der Waals surface area contributed by atoms with E-state index < -0.39 is 0 Å². The van der Waals surface area contributed by atoms with Crippen molar-refractivity contribution in [3.05, 3.63) is 21.6 Å². The minimum atomic E-state index is 0.0423. The van der Waals surface area contributed by atoms with E-state index in [0.29, 0.717) is 19.3 Å². The molecule has 82 valence electrons. The van der Waals surface area contributed by atoms with Gasteiger partial charge >= 0.3 is 0 Å². The topological polar surface area (TPSA) is 47.0 Å². The van der Waals surface area contributed by atoms with Crippen LogP contribution in [0.15, 0.2) is 4.79 Å². The Balaban J connectivity index is 1.97. The van der Waals surface area contributed by atoms with Crippen LogP contribution in [-0.2, 0) is 18.0 Å². The lowest BCUT2D eigenvalue weighted by atomic mass is 10.1. The van der Waals surface area contributed by atoms with Crippen LogP contribution in [0, 0.1) is 0 Å². The monoisotopic (exact) mass is 226 g/mol. The van der Waals surface area contributed by atoms with Crippen LogP contribution in [0.25, 0.3) is 0 Å². The van der Waals surface area contributed by atoms with E-state index in [4.69, 9.17) is 4.74 Å². The highest BCUT2D eigenvalue weighted by molar-refractivity contribution is 7.99. The third-order valence-corrected chi connectivity index (χ3v) is 4.23. The molecule has 1 fully saturated rings. The third kappa shape index (κ3) is 1.54. The molecule has 1 N–H and O–H groups in total. The minimum absolute atomic E-state index is 0.0423. The summed E-state index contributed by atoms with van der Waals surface area (Å²) in [5, 5.41) is 2.96. The molecule has 5 heteroatoms. The maximum Gasteiger partial charge on any atom is 0.269 e. The molecule has 1 aromatic rings. The largest absolute Gasteiger partial charge is 0.370 e. The summed E-state index contributed by atoms with van der Waals surface area (Å²) in [5.41, 5.74) is 1.96. The molecule has 0 unspecified atom stereocenters. The smallest absolute Gasteiger partial charge is 0.269 e. The van der Waals surface area contributed by atoms with Crippen LogP contribution >= 0.6 is 11.8 Å². The van der Waals surface area contributed by atoms with Gasteiger partial charge in [-0.25, -0.2) is 0 Å². The molecule has 2 aliphatic rings. The number of hydrogen-bond acceptors (Lipinski definition) is 3. The molecule has 4 nitrogen and oxygen atoms in total. The van der Waals surface area contributed by atoms with Crippen LogP contribution in [0.2, 0.25) is 0 Å². The summed E-state index contributed by atoms with van der Waals surface area (Å²) in [5.74, 6) is 2.39. The van der Waals surface area contributed by atoms with Crippen molar-refractivity contribution in [1.82, 2.24) is 9.78 Å². The Hall–Kier alpha value is -0.680. The highest BCUT2D eigenvalue weighted by atomic mass is 32.2. The minimum Gasteiger partial charge on any atom is -0.370 e. The van der Waals surface area contributed by atoms with Gasteiger partial charge in [-0.05, 0) is 24.3 Å². The number of rotatable bonds is 1. The summed E-state index contributed by atoms with van der Waals surface area (Å²) in [6.07, 6.45) is 2.31. The second kappa shape index (κ2) is 3.72. The molecule has 3 rings (SSSR count). The molecule has 15 heavy (non-hydrogen) atoms.